The van der Waals surface area contributed by atoms with Crippen LogP contribution in [0.4, 0.5) is 4.39 Å². The molecule has 1 aromatic heterocycles. The number of carbonyl (C=O) groups excluding carboxylic acids is 1. The minimum Gasteiger partial charge on any atom is -0.506 e. The molecule has 2 rings (SSSR count). The van der Waals surface area contributed by atoms with E-state index in [4.69, 9.17) is 5.11 Å². The average Bonchev–Trinajstić information content (AvgIpc) is 2.51. The number of carbonyl (C=O) groups is 2. The van der Waals surface area contributed by atoms with Crippen molar-refractivity contribution in [3.05, 3.63) is 39.4 Å². The summed E-state index contributed by atoms with van der Waals surface area (Å²) in [5.41, 5.74) is -0.729. The Morgan fingerprint density at radius 3 is 2.60 bits per heavy atom. The molecule has 0 unspecified atom stereocenters. The molecule has 0 fully saturated rings. The second-order valence-electron chi connectivity index (χ2n) is 6.17. The van der Waals surface area contributed by atoms with Gasteiger partial charge in [-0.05, 0) is 36.5 Å². The van der Waals surface area contributed by atoms with E-state index in [1.54, 1.807) is 0 Å². The third-order valence-electron chi connectivity index (χ3n) is 3.76. The lowest BCUT2D eigenvalue weighted by Gasteiger charge is -2.12. The highest BCUT2D eigenvalue weighted by Crippen LogP contribution is 2.29. The lowest BCUT2D eigenvalue weighted by Crippen LogP contribution is -2.33. The van der Waals surface area contributed by atoms with Crippen molar-refractivity contribution in [1.29, 1.82) is 0 Å². The van der Waals surface area contributed by atoms with Gasteiger partial charge in [0.05, 0.1) is 5.52 Å². The third kappa shape index (κ3) is 4.14. The number of pyridine rings is 1. The Kier molecular flexibility index (Phi) is 5.41. The Morgan fingerprint density at radius 1 is 1.32 bits per heavy atom. The van der Waals surface area contributed by atoms with E-state index in [2.05, 4.69) is 4.98 Å². The SMILES string of the molecule is CC(C)CCc1cc(F)cc2c(O)c(C(=O)NCC(=O)O)c(=O)[nH]c12. The summed E-state index contributed by atoms with van der Waals surface area (Å²) in [7, 11) is 0. The monoisotopic (exact) mass is 350 g/mol. The standard InChI is InChI=1S/C17H19FN2O5/c1-8(2)3-4-9-5-10(18)6-11-14(9)20-17(25)13(15(11)23)16(24)19-7-12(21)22/h5-6,8H,3-4,7H2,1-2H3,(H,19,24)(H,21,22)(H2,20,23,25). The number of rotatable bonds is 6. The van der Waals surface area contributed by atoms with E-state index in [0.717, 1.165) is 12.5 Å². The van der Waals surface area contributed by atoms with Gasteiger partial charge in [0.15, 0.2) is 0 Å². The molecule has 0 bridgehead atoms. The number of benzene rings is 1. The Hall–Kier alpha value is -2.90. The predicted molar refractivity (Wildman–Crippen MR) is 89.3 cm³/mol. The first-order valence-corrected chi connectivity index (χ1v) is 7.78. The quantitative estimate of drug-likeness (QED) is 0.633. The van der Waals surface area contributed by atoms with Crippen LogP contribution in [0.1, 0.15) is 36.2 Å². The molecule has 0 aliphatic rings. The van der Waals surface area contributed by atoms with Crippen LogP contribution in [-0.2, 0) is 11.2 Å². The van der Waals surface area contributed by atoms with E-state index in [1.165, 1.54) is 6.07 Å². The van der Waals surface area contributed by atoms with Crippen molar-refractivity contribution in [2.75, 3.05) is 6.54 Å². The molecule has 1 heterocycles. The van der Waals surface area contributed by atoms with Crippen molar-refractivity contribution < 1.29 is 24.2 Å². The van der Waals surface area contributed by atoms with Crippen LogP contribution in [0.3, 0.4) is 0 Å². The van der Waals surface area contributed by atoms with Gasteiger partial charge >= 0.3 is 5.97 Å². The maximum Gasteiger partial charge on any atom is 0.322 e. The number of nitrogens with one attached hydrogen (secondary N) is 2. The highest BCUT2D eigenvalue weighted by atomic mass is 19.1. The third-order valence-corrected chi connectivity index (χ3v) is 3.76. The fourth-order valence-electron chi connectivity index (χ4n) is 2.51. The fraction of sp³-hybridized carbons (Fsp3) is 0.353. The summed E-state index contributed by atoms with van der Waals surface area (Å²) in [4.78, 5) is 37.2. The van der Waals surface area contributed by atoms with Gasteiger partial charge in [-0.15, -0.1) is 0 Å². The number of halogens is 1. The number of H-pyrrole nitrogens is 1. The minimum atomic E-state index is -1.30. The van der Waals surface area contributed by atoms with Crippen molar-refractivity contribution in [2.24, 2.45) is 5.92 Å². The molecule has 0 saturated carbocycles. The smallest absolute Gasteiger partial charge is 0.322 e. The van der Waals surface area contributed by atoms with Crippen LogP contribution in [0, 0.1) is 11.7 Å². The molecule has 0 aliphatic carbocycles. The molecule has 25 heavy (non-hydrogen) atoms. The lowest BCUT2D eigenvalue weighted by molar-refractivity contribution is -0.135. The molecule has 0 spiro atoms. The van der Waals surface area contributed by atoms with Gasteiger partial charge in [-0.2, -0.15) is 0 Å². The second-order valence-corrected chi connectivity index (χ2v) is 6.17. The molecular formula is C17H19FN2O5. The summed E-state index contributed by atoms with van der Waals surface area (Å²) in [6, 6.07) is 2.30. The molecule has 0 saturated heterocycles. The van der Waals surface area contributed by atoms with Crippen LogP contribution in [-0.4, -0.2) is 33.6 Å². The highest BCUT2D eigenvalue weighted by Gasteiger charge is 2.21. The first-order valence-electron chi connectivity index (χ1n) is 7.78. The summed E-state index contributed by atoms with van der Waals surface area (Å²) in [6.07, 6.45) is 1.24. The van der Waals surface area contributed by atoms with Gasteiger partial charge in [-0.3, -0.25) is 14.4 Å². The van der Waals surface area contributed by atoms with Crippen LogP contribution >= 0.6 is 0 Å². The molecule has 1 amide bonds. The number of aromatic hydroxyl groups is 1. The van der Waals surface area contributed by atoms with Crippen LogP contribution in [0.25, 0.3) is 10.9 Å². The molecule has 0 atom stereocenters. The molecule has 0 aliphatic heterocycles. The van der Waals surface area contributed by atoms with Crippen molar-refractivity contribution in [1.82, 2.24) is 10.3 Å². The van der Waals surface area contributed by atoms with E-state index in [1.807, 2.05) is 19.2 Å². The van der Waals surface area contributed by atoms with E-state index in [0.29, 0.717) is 17.9 Å². The number of hydrogen-bond donors (Lipinski definition) is 4. The number of aliphatic carboxylic acids is 1. The molecule has 8 heteroatoms. The first kappa shape index (κ1) is 18.4. The van der Waals surface area contributed by atoms with Crippen LogP contribution in [0.5, 0.6) is 5.75 Å². The van der Waals surface area contributed by atoms with E-state index >= 15 is 0 Å². The predicted octanol–water partition coefficient (Wildman–Crippen LogP) is 1.78. The van der Waals surface area contributed by atoms with Crippen LogP contribution in [0.2, 0.25) is 0 Å². The van der Waals surface area contributed by atoms with E-state index < -0.39 is 41.1 Å². The Balaban J connectivity index is 2.56. The number of carboxylic acid groups (broad SMARTS) is 1. The van der Waals surface area contributed by atoms with Crippen molar-refractivity contribution in [3.8, 4) is 5.75 Å². The molecule has 4 N–H and O–H groups in total. The number of aromatic amines is 1. The molecule has 7 nitrogen and oxygen atoms in total. The van der Waals surface area contributed by atoms with E-state index in [-0.39, 0.29) is 10.9 Å². The maximum absolute atomic E-state index is 13.9. The lowest BCUT2D eigenvalue weighted by atomic mass is 9.99. The topological polar surface area (TPSA) is 119 Å². The molecular weight excluding hydrogens is 331 g/mol. The normalized spacial score (nSPS) is 11.0. The van der Waals surface area contributed by atoms with Crippen molar-refractivity contribution in [2.45, 2.75) is 26.7 Å². The van der Waals surface area contributed by atoms with Gasteiger partial charge in [-0.25, -0.2) is 4.39 Å². The number of fused-ring (bicyclic) bond motifs is 1. The minimum absolute atomic E-state index is 0.00108. The van der Waals surface area contributed by atoms with Crippen molar-refractivity contribution >= 4 is 22.8 Å². The number of amides is 1. The highest BCUT2D eigenvalue weighted by molar-refractivity contribution is 6.03. The van der Waals surface area contributed by atoms with Crippen molar-refractivity contribution in [3.63, 3.8) is 0 Å². The number of aryl methyl sites for hydroxylation is 1. The zero-order valence-corrected chi connectivity index (χ0v) is 13.9. The first-order chi connectivity index (χ1) is 11.7. The fourth-order valence-corrected chi connectivity index (χ4v) is 2.51. The maximum atomic E-state index is 13.9. The van der Waals surface area contributed by atoms with Gasteiger partial charge in [0.1, 0.15) is 23.7 Å². The summed E-state index contributed by atoms with van der Waals surface area (Å²) >= 11 is 0. The number of hydrogen-bond acceptors (Lipinski definition) is 4. The van der Waals surface area contributed by atoms with Gasteiger partial charge in [0.25, 0.3) is 11.5 Å². The van der Waals surface area contributed by atoms with Gasteiger partial charge < -0.3 is 20.5 Å². The molecule has 0 radical (unpaired) electrons. The van der Waals surface area contributed by atoms with Gasteiger partial charge in [0.2, 0.25) is 0 Å². The van der Waals surface area contributed by atoms with Crippen LogP contribution < -0.4 is 10.9 Å². The zero-order chi connectivity index (χ0) is 18.7. The Labute approximate surface area is 142 Å². The molecule has 134 valence electrons. The summed E-state index contributed by atoms with van der Waals surface area (Å²) < 4.78 is 13.9. The average molecular weight is 350 g/mol. The Morgan fingerprint density at radius 2 is 2.00 bits per heavy atom. The summed E-state index contributed by atoms with van der Waals surface area (Å²) in [5, 5.41) is 20.9. The van der Waals surface area contributed by atoms with Crippen LogP contribution in [0.15, 0.2) is 16.9 Å². The molecule has 1 aromatic carbocycles. The van der Waals surface area contributed by atoms with Gasteiger partial charge in [0, 0.05) is 5.39 Å². The van der Waals surface area contributed by atoms with E-state index in [9.17, 15) is 23.9 Å². The number of aromatic nitrogens is 1. The van der Waals surface area contributed by atoms with Gasteiger partial charge in [-0.1, -0.05) is 13.8 Å². The Bertz CT molecular complexity index is 889. The summed E-state index contributed by atoms with van der Waals surface area (Å²) in [5.74, 6) is -3.26. The second kappa shape index (κ2) is 7.33. The summed E-state index contributed by atoms with van der Waals surface area (Å²) in [6.45, 7) is 3.30. The largest absolute Gasteiger partial charge is 0.506 e. The zero-order valence-electron chi connectivity index (χ0n) is 13.9. The molecule has 2 aromatic rings. The number of carboxylic acids is 1.